The molecule has 35 heavy (non-hydrogen) atoms. The molecule has 2 rings (SSSR count). The van der Waals surface area contributed by atoms with Crippen LogP contribution in [0, 0.1) is 0 Å². The molecule has 8 N–H and O–H groups in total. The summed E-state index contributed by atoms with van der Waals surface area (Å²) in [5.41, 5.74) is 7.29. The van der Waals surface area contributed by atoms with Crippen LogP contribution in [-0.2, 0) is 32.0 Å². The number of nitrogens with two attached hydrogens (primary N) is 1. The zero-order chi connectivity index (χ0) is 26.0. The number of imidazole rings is 1. The van der Waals surface area contributed by atoms with E-state index in [2.05, 4.69) is 38.5 Å². The molecule has 190 valence electrons. The first kappa shape index (κ1) is 27.8. The smallest absolute Gasteiger partial charge is 0.327 e. The summed E-state index contributed by atoms with van der Waals surface area (Å²) in [6, 6.07) is 4.13. The van der Waals surface area contributed by atoms with Crippen molar-refractivity contribution in [2.45, 2.75) is 50.0 Å². The number of hydrogen-bond donors (Lipinski definition) is 8. The SMILES string of the molecule is CC(O)C(NC(=O)C(N)Cc1ccccc1)C(=O)NC(Cc1cnc[nH]1)C(=O)NC(CS)C(=O)O. The third kappa shape index (κ3) is 8.70. The Morgan fingerprint density at radius 1 is 1.03 bits per heavy atom. The summed E-state index contributed by atoms with van der Waals surface area (Å²) in [6.07, 6.45) is 1.67. The van der Waals surface area contributed by atoms with Crippen molar-refractivity contribution < 1.29 is 29.4 Å². The molecule has 1 aromatic heterocycles. The summed E-state index contributed by atoms with van der Waals surface area (Å²) in [7, 11) is 0. The first-order chi connectivity index (χ1) is 16.6. The van der Waals surface area contributed by atoms with Gasteiger partial charge in [-0.25, -0.2) is 9.78 Å². The maximum absolute atomic E-state index is 13.0. The van der Waals surface area contributed by atoms with Gasteiger partial charge in [-0.2, -0.15) is 12.6 Å². The van der Waals surface area contributed by atoms with Crippen molar-refractivity contribution in [1.29, 1.82) is 0 Å². The average Bonchev–Trinajstić information content (AvgIpc) is 3.33. The van der Waals surface area contributed by atoms with Crippen LogP contribution in [0.2, 0.25) is 0 Å². The third-order valence-corrected chi connectivity index (χ3v) is 5.47. The van der Waals surface area contributed by atoms with Gasteiger partial charge in [-0.3, -0.25) is 14.4 Å². The number of thiol groups is 1. The number of rotatable bonds is 13. The number of nitrogens with one attached hydrogen (secondary N) is 4. The summed E-state index contributed by atoms with van der Waals surface area (Å²) >= 11 is 3.92. The van der Waals surface area contributed by atoms with Crippen molar-refractivity contribution in [3.05, 3.63) is 54.1 Å². The van der Waals surface area contributed by atoms with Gasteiger partial charge in [0.2, 0.25) is 17.7 Å². The lowest BCUT2D eigenvalue weighted by Crippen LogP contribution is -2.60. The second kappa shape index (κ2) is 13.5. The van der Waals surface area contributed by atoms with Crippen molar-refractivity contribution >= 4 is 36.3 Å². The van der Waals surface area contributed by atoms with Gasteiger partial charge in [0.15, 0.2) is 0 Å². The number of carbonyl (C=O) groups is 4. The van der Waals surface area contributed by atoms with E-state index in [4.69, 9.17) is 5.73 Å². The Kier molecular flexibility index (Phi) is 10.7. The minimum Gasteiger partial charge on any atom is -0.480 e. The van der Waals surface area contributed by atoms with Crippen molar-refractivity contribution in [3.63, 3.8) is 0 Å². The van der Waals surface area contributed by atoms with Gasteiger partial charge in [0, 0.05) is 24.1 Å². The molecule has 1 aromatic carbocycles. The highest BCUT2D eigenvalue weighted by Crippen LogP contribution is 2.05. The lowest BCUT2D eigenvalue weighted by molar-refractivity contribution is -0.141. The first-order valence-electron chi connectivity index (χ1n) is 10.8. The molecule has 0 bridgehead atoms. The second-order valence-electron chi connectivity index (χ2n) is 7.95. The number of H-pyrrole nitrogens is 1. The van der Waals surface area contributed by atoms with Crippen LogP contribution >= 0.6 is 12.6 Å². The van der Waals surface area contributed by atoms with E-state index < -0.39 is 54.0 Å². The number of carbonyl (C=O) groups excluding carboxylic acids is 3. The Balaban J connectivity index is 2.11. The normalized spacial score (nSPS) is 15.2. The standard InChI is InChI=1S/C22H30N6O6S/c1-12(29)18(28-19(30)15(23)7-13-5-3-2-4-6-13)21(32)26-16(8-14-9-24-11-25-14)20(31)27-17(10-35)22(33)34/h2-6,9,11-12,15-18,29,35H,7-8,10,23H2,1H3,(H,24,25)(H,26,32)(H,27,31)(H,28,30)(H,33,34). The summed E-state index contributed by atoms with van der Waals surface area (Å²) < 4.78 is 0. The summed E-state index contributed by atoms with van der Waals surface area (Å²) in [4.78, 5) is 56.3. The third-order valence-electron chi connectivity index (χ3n) is 5.11. The molecular weight excluding hydrogens is 476 g/mol. The first-order valence-corrected chi connectivity index (χ1v) is 11.4. The molecule has 0 fully saturated rings. The van der Waals surface area contributed by atoms with E-state index >= 15 is 0 Å². The van der Waals surface area contributed by atoms with Crippen molar-refractivity contribution in [2.24, 2.45) is 5.73 Å². The van der Waals surface area contributed by atoms with Gasteiger partial charge in [-0.1, -0.05) is 30.3 Å². The summed E-state index contributed by atoms with van der Waals surface area (Å²) in [6.45, 7) is 1.30. The number of carboxylic acids is 1. The molecule has 5 atom stereocenters. The molecule has 1 heterocycles. The fraction of sp³-hybridized carbons (Fsp3) is 0.409. The van der Waals surface area contributed by atoms with E-state index in [1.165, 1.54) is 19.4 Å². The highest BCUT2D eigenvalue weighted by Gasteiger charge is 2.32. The van der Waals surface area contributed by atoms with E-state index in [1.807, 2.05) is 6.07 Å². The topological polar surface area (TPSA) is 200 Å². The zero-order valence-electron chi connectivity index (χ0n) is 19.0. The van der Waals surface area contributed by atoms with Crippen molar-refractivity contribution in [3.8, 4) is 0 Å². The molecule has 0 saturated carbocycles. The maximum Gasteiger partial charge on any atom is 0.327 e. The van der Waals surface area contributed by atoms with Gasteiger partial charge in [-0.15, -0.1) is 0 Å². The van der Waals surface area contributed by atoms with E-state index in [0.29, 0.717) is 5.69 Å². The molecule has 0 spiro atoms. The molecule has 0 saturated heterocycles. The number of aliphatic hydroxyl groups is 1. The number of nitrogens with zero attached hydrogens (tertiary/aromatic N) is 1. The van der Waals surface area contributed by atoms with E-state index in [-0.39, 0.29) is 18.6 Å². The van der Waals surface area contributed by atoms with Crippen molar-refractivity contribution in [2.75, 3.05) is 5.75 Å². The molecule has 13 heteroatoms. The van der Waals surface area contributed by atoms with Gasteiger partial charge < -0.3 is 36.9 Å². The van der Waals surface area contributed by atoms with Crippen LogP contribution in [0.5, 0.6) is 0 Å². The van der Waals surface area contributed by atoms with Crippen LogP contribution in [0.1, 0.15) is 18.2 Å². The van der Waals surface area contributed by atoms with Crippen LogP contribution in [0.25, 0.3) is 0 Å². The van der Waals surface area contributed by atoms with E-state index in [0.717, 1.165) is 5.56 Å². The summed E-state index contributed by atoms with van der Waals surface area (Å²) in [5, 5.41) is 26.5. The van der Waals surface area contributed by atoms with Crippen LogP contribution in [0.3, 0.4) is 0 Å². The van der Waals surface area contributed by atoms with Gasteiger partial charge in [-0.05, 0) is 18.9 Å². The van der Waals surface area contributed by atoms with E-state index in [9.17, 15) is 29.4 Å². The highest BCUT2D eigenvalue weighted by atomic mass is 32.1. The molecular formula is C22H30N6O6S. The lowest BCUT2D eigenvalue weighted by atomic mass is 10.0. The molecule has 5 unspecified atom stereocenters. The minimum atomic E-state index is -1.42. The van der Waals surface area contributed by atoms with Crippen LogP contribution in [-0.4, -0.2) is 79.9 Å². The number of aromatic amines is 1. The number of carboxylic acid groups (broad SMARTS) is 1. The Bertz CT molecular complexity index is 988. The number of aliphatic carboxylic acids is 1. The molecule has 0 aliphatic heterocycles. The Morgan fingerprint density at radius 3 is 2.23 bits per heavy atom. The Labute approximate surface area is 207 Å². The largest absolute Gasteiger partial charge is 0.480 e. The predicted molar refractivity (Wildman–Crippen MR) is 129 cm³/mol. The number of aromatic nitrogens is 2. The molecule has 0 aliphatic rings. The minimum absolute atomic E-state index is 0.0511. The van der Waals surface area contributed by atoms with Crippen LogP contribution < -0.4 is 21.7 Å². The predicted octanol–water partition coefficient (Wildman–Crippen LogP) is -1.63. The van der Waals surface area contributed by atoms with Gasteiger partial charge in [0.1, 0.15) is 18.1 Å². The molecule has 12 nitrogen and oxygen atoms in total. The quantitative estimate of drug-likeness (QED) is 0.148. The number of hydrogen-bond acceptors (Lipinski definition) is 8. The van der Waals surface area contributed by atoms with Crippen LogP contribution in [0.15, 0.2) is 42.9 Å². The van der Waals surface area contributed by atoms with E-state index in [1.54, 1.807) is 24.3 Å². The van der Waals surface area contributed by atoms with Gasteiger partial charge in [0.05, 0.1) is 18.5 Å². The fourth-order valence-electron chi connectivity index (χ4n) is 3.17. The molecule has 2 aromatic rings. The van der Waals surface area contributed by atoms with Gasteiger partial charge >= 0.3 is 5.97 Å². The second-order valence-corrected chi connectivity index (χ2v) is 8.31. The van der Waals surface area contributed by atoms with Gasteiger partial charge in [0.25, 0.3) is 0 Å². The number of benzene rings is 1. The monoisotopic (exact) mass is 506 g/mol. The Morgan fingerprint density at radius 2 is 1.69 bits per heavy atom. The van der Waals surface area contributed by atoms with Crippen molar-refractivity contribution in [1.82, 2.24) is 25.9 Å². The molecule has 3 amide bonds. The number of amides is 3. The lowest BCUT2D eigenvalue weighted by Gasteiger charge is -2.26. The highest BCUT2D eigenvalue weighted by molar-refractivity contribution is 7.80. The van der Waals surface area contributed by atoms with Crippen LogP contribution in [0.4, 0.5) is 0 Å². The Hall–Kier alpha value is -3.42. The maximum atomic E-state index is 13.0. The summed E-state index contributed by atoms with van der Waals surface area (Å²) in [5.74, 6) is -3.76. The fourth-order valence-corrected chi connectivity index (χ4v) is 3.42. The zero-order valence-corrected chi connectivity index (χ0v) is 19.9. The molecule has 0 aliphatic carbocycles. The average molecular weight is 507 g/mol. The number of aliphatic hydroxyl groups excluding tert-OH is 1. The molecule has 0 radical (unpaired) electrons.